The molecule has 0 aliphatic heterocycles. The van der Waals surface area contributed by atoms with Gasteiger partial charge in [-0.1, -0.05) is 0 Å². The molecular formula is C12H17N3O4. The zero-order valence-corrected chi connectivity index (χ0v) is 11.2. The smallest absolute Gasteiger partial charge is 0.292 e. The van der Waals surface area contributed by atoms with Crippen LogP contribution in [0.2, 0.25) is 0 Å². The Labute approximate surface area is 111 Å². The van der Waals surface area contributed by atoms with Crippen molar-refractivity contribution in [2.24, 2.45) is 0 Å². The zero-order chi connectivity index (χ0) is 14.4. The van der Waals surface area contributed by atoms with Crippen molar-refractivity contribution < 1.29 is 14.5 Å². The number of carbonyl (C=O) groups is 1. The van der Waals surface area contributed by atoms with Crippen LogP contribution in [-0.2, 0) is 4.79 Å². The van der Waals surface area contributed by atoms with Gasteiger partial charge in [0.1, 0.15) is 11.4 Å². The molecule has 0 atom stereocenters. The quantitative estimate of drug-likeness (QED) is 0.623. The Kier molecular flexibility index (Phi) is 5.11. The number of ether oxygens (including phenoxy) is 1. The lowest BCUT2D eigenvalue weighted by atomic mass is 10.2. The summed E-state index contributed by atoms with van der Waals surface area (Å²) in [6, 6.07) is 4.43. The number of nitro benzene ring substituents is 1. The first kappa shape index (κ1) is 14.7. The number of nitrogens with one attached hydrogen (secondary N) is 1. The van der Waals surface area contributed by atoms with Crippen LogP contribution in [0, 0.1) is 10.1 Å². The SMILES string of the molecule is COc1ccc([N+](=O)[O-])c(NCCC(=O)N(C)C)c1. The Morgan fingerprint density at radius 2 is 2.16 bits per heavy atom. The number of rotatable bonds is 6. The first-order valence-electron chi connectivity index (χ1n) is 5.72. The lowest BCUT2D eigenvalue weighted by Crippen LogP contribution is -2.24. The Morgan fingerprint density at radius 1 is 1.47 bits per heavy atom. The molecular weight excluding hydrogens is 250 g/mol. The molecule has 1 rings (SSSR count). The van der Waals surface area contributed by atoms with E-state index in [-0.39, 0.29) is 18.0 Å². The maximum Gasteiger partial charge on any atom is 0.292 e. The van der Waals surface area contributed by atoms with Gasteiger partial charge in [-0.2, -0.15) is 0 Å². The van der Waals surface area contributed by atoms with Crippen molar-refractivity contribution >= 4 is 17.3 Å². The highest BCUT2D eigenvalue weighted by Gasteiger charge is 2.14. The maximum atomic E-state index is 11.4. The Hall–Kier alpha value is -2.31. The molecule has 0 spiro atoms. The Morgan fingerprint density at radius 3 is 2.68 bits per heavy atom. The van der Waals surface area contributed by atoms with Gasteiger partial charge in [-0.25, -0.2) is 0 Å². The molecule has 7 nitrogen and oxygen atoms in total. The van der Waals surface area contributed by atoms with Gasteiger partial charge in [-0.15, -0.1) is 0 Å². The summed E-state index contributed by atoms with van der Waals surface area (Å²) in [5.41, 5.74) is 0.300. The average molecular weight is 267 g/mol. The highest BCUT2D eigenvalue weighted by molar-refractivity contribution is 5.76. The Balaban J connectivity index is 2.75. The van der Waals surface area contributed by atoms with Gasteiger partial charge in [-0.05, 0) is 6.07 Å². The lowest BCUT2D eigenvalue weighted by molar-refractivity contribution is -0.384. The summed E-state index contributed by atoms with van der Waals surface area (Å²) >= 11 is 0. The summed E-state index contributed by atoms with van der Waals surface area (Å²) in [6.45, 7) is 0.324. The van der Waals surface area contributed by atoms with Crippen LogP contribution in [0.5, 0.6) is 5.75 Å². The van der Waals surface area contributed by atoms with Gasteiger partial charge >= 0.3 is 0 Å². The van der Waals surface area contributed by atoms with E-state index in [2.05, 4.69) is 5.32 Å². The number of hydrogen-bond acceptors (Lipinski definition) is 5. The second-order valence-electron chi connectivity index (χ2n) is 4.11. The van der Waals surface area contributed by atoms with Crippen LogP contribution in [0.15, 0.2) is 18.2 Å². The van der Waals surface area contributed by atoms with Gasteiger partial charge in [0.05, 0.1) is 12.0 Å². The molecule has 0 unspecified atom stereocenters. The van der Waals surface area contributed by atoms with E-state index in [1.165, 1.54) is 30.2 Å². The molecule has 0 bridgehead atoms. The van der Waals surface area contributed by atoms with E-state index in [9.17, 15) is 14.9 Å². The number of hydrogen-bond donors (Lipinski definition) is 1. The molecule has 0 heterocycles. The predicted molar refractivity (Wildman–Crippen MR) is 71.4 cm³/mol. The maximum absolute atomic E-state index is 11.4. The van der Waals surface area contributed by atoms with Crippen LogP contribution < -0.4 is 10.1 Å². The third-order valence-corrected chi connectivity index (χ3v) is 2.55. The molecule has 0 saturated carbocycles. The van der Waals surface area contributed by atoms with Crippen LogP contribution >= 0.6 is 0 Å². The molecule has 0 fully saturated rings. The summed E-state index contributed by atoms with van der Waals surface area (Å²) in [5.74, 6) is 0.477. The van der Waals surface area contributed by atoms with Crippen molar-refractivity contribution in [3.63, 3.8) is 0 Å². The highest BCUT2D eigenvalue weighted by atomic mass is 16.6. The fourth-order valence-electron chi connectivity index (χ4n) is 1.47. The van der Waals surface area contributed by atoms with E-state index in [1.54, 1.807) is 14.1 Å². The van der Waals surface area contributed by atoms with Crippen LogP contribution in [0.4, 0.5) is 11.4 Å². The number of nitro groups is 1. The Bertz CT molecular complexity index is 474. The standard InChI is InChI=1S/C12H17N3O4/c1-14(2)12(16)6-7-13-10-8-9(19-3)4-5-11(10)15(17)18/h4-5,8,13H,6-7H2,1-3H3. The number of anilines is 1. The zero-order valence-electron chi connectivity index (χ0n) is 11.2. The first-order valence-corrected chi connectivity index (χ1v) is 5.72. The van der Waals surface area contributed by atoms with Crippen LogP contribution in [0.1, 0.15) is 6.42 Å². The molecule has 1 amide bonds. The molecule has 0 aliphatic rings. The van der Waals surface area contributed by atoms with Crippen molar-refractivity contribution in [1.29, 1.82) is 0 Å². The molecule has 1 N–H and O–H groups in total. The average Bonchev–Trinajstić information content (AvgIpc) is 2.37. The minimum atomic E-state index is -0.477. The third-order valence-electron chi connectivity index (χ3n) is 2.55. The molecule has 1 aromatic rings. The summed E-state index contributed by atoms with van der Waals surface area (Å²) in [6.07, 6.45) is 0.265. The van der Waals surface area contributed by atoms with Gasteiger partial charge in [0.25, 0.3) is 5.69 Å². The van der Waals surface area contributed by atoms with E-state index < -0.39 is 4.92 Å². The molecule has 0 aliphatic carbocycles. The van der Waals surface area contributed by atoms with Crippen molar-refractivity contribution in [3.05, 3.63) is 28.3 Å². The van der Waals surface area contributed by atoms with E-state index in [0.717, 1.165) is 0 Å². The molecule has 1 aromatic carbocycles. The fourth-order valence-corrected chi connectivity index (χ4v) is 1.47. The number of methoxy groups -OCH3 is 1. The van der Waals surface area contributed by atoms with Crippen LogP contribution in [0.3, 0.4) is 0 Å². The van der Waals surface area contributed by atoms with Crippen molar-refractivity contribution in [3.8, 4) is 5.75 Å². The molecule has 0 radical (unpaired) electrons. The number of nitrogens with zero attached hydrogens (tertiary/aromatic N) is 2. The number of benzene rings is 1. The van der Waals surface area contributed by atoms with E-state index >= 15 is 0 Å². The molecule has 0 aromatic heterocycles. The van der Waals surface area contributed by atoms with Crippen molar-refractivity contribution in [1.82, 2.24) is 4.90 Å². The minimum Gasteiger partial charge on any atom is -0.497 e. The van der Waals surface area contributed by atoms with E-state index in [1.807, 2.05) is 0 Å². The minimum absolute atomic E-state index is 0.0434. The van der Waals surface area contributed by atoms with E-state index in [4.69, 9.17) is 4.74 Å². The first-order chi connectivity index (χ1) is 8.95. The second-order valence-corrected chi connectivity index (χ2v) is 4.11. The van der Waals surface area contributed by atoms with Crippen molar-refractivity contribution in [2.45, 2.75) is 6.42 Å². The summed E-state index contributed by atoms with van der Waals surface area (Å²) in [7, 11) is 4.81. The molecule has 19 heavy (non-hydrogen) atoms. The topological polar surface area (TPSA) is 84.7 Å². The van der Waals surface area contributed by atoms with Gasteiger partial charge in [-0.3, -0.25) is 14.9 Å². The molecule has 7 heteroatoms. The van der Waals surface area contributed by atoms with Gasteiger partial charge in [0.15, 0.2) is 0 Å². The fraction of sp³-hybridized carbons (Fsp3) is 0.417. The summed E-state index contributed by atoms with van der Waals surface area (Å²) in [4.78, 5) is 23.3. The number of carbonyl (C=O) groups excluding carboxylic acids is 1. The normalized spacial score (nSPS) is 9.84. The summed E-state index contributed by atoms with van der Waals surface area (Å²) < 4.78 is 5.02. The highest BCUT2D eigenvalue weighted by Crippen LogP contribution is 2.28. The lowest BCUT2D eigenvalue weighted by Gasteiger charge is -2.11. The second kappa shape index (κ2) is 6.58. The van der Waals surface area contributed by atoms with Crippen LogP contribution in [0.25, 0.3) is 0 Å². The van der Waals surface area contributed by atoms with Gasteiger partial charge in [0.2, 0.25) is 5.91 Å². The van der Waals surface area contributed by atoms with Gasteiger partial charge < -0.3 is 15.0 Å². The third kappa shape index (κ3) is 4.13. The molecule has 104 valence electrons. The monoisotopic (exact) mass is 267 g/mol. The largest absolute Gasteiger partial charge is 0.497 e. The number of amides is 1. The van der Waals surface area contributed by atoms with Crippen molar-refractivity contribution in [2.75, 3.05) is 33.1 Å². The predicted octanol–water partition coefficient (Wildman–Crippen LogP) is 1.49. The molecule has 0 saturated heterocycles. The summed E-state index contributed by atoms with van der Waals surface area (Å²) in [5, 5.41) is 13.8. The van der Waals surface area contributed by atoms with Gasteiger partial charge in [0, 0.05) is 39.2 Å². The van der Waals surface area contributed by atoms with E-state index in [0.29, 0.717) is 18.0 Å². The van der Waals surface area contributed by atoms with Crippen LogP contribution in [-0.4, -0.2) is 43.5 Å².